The first-order chi connectivity index (χ1) is 14.5. The van der Waals surface area contributed by atoms with Gasteiger partial charge in [0, 0.05) is 18.2 Å². The molecule has 0 saturated carbocycles. The average Bonchev–Trinajstić information content (AvgIpc) is 2.76. The van der Waals surface area contributed by atoms with Crippen molar-refractivity contribution in [2.45, 2.75) is 32.7 Å². The molecule has 2 rings (SSSR count). The third kappa shape index (κ3) is 7.32. The van der Waals surface area contributed by atoms with E-state index in [0.717, 1.165) is 24.8 Å². The van der Waals surface area contributed by atoms with E-state index in [9.17, 15) is 10.1 Å². The molecule has 0 aliphatic rings. The summed E-state index contributed by atoms with van der Waals surface area (Å²) in [6.45, 7) is 3.03. The number of benzene rings is 2. The van der Waals surface area contributed by atoms with Crippen molar-refractivity contribution in [2.75, 3.05) is 13.7 Å². The lowest BCUT2D eigenvalue weighted by Gasteiger charge is -2.12. The smallest absolute Gasteiger partial charge is 0.315 e. The summed E-state index contributed by atoms with van der Waals surface area (Å²) in [5.41, 5.74) is 4.10. The third-order valence-electron chi connectivity index (χ3n) is 4.14. The number of nitro benzene ring substituents is 1. The summed E-state index contributed by atoms with van der Waals surface area (Å²) < 4.78 is 10.9. The summed E-state index contributed by atoms with van der Waals surface area (Å²) in [5, 5.41) is 18.9. The van der Waals surface area contributed by atoms with Gasteiger partial charge in [-0.2, -0.15) is 5.10 Å². The molecule has 8 nitrogen and oxygen atoms in total. The molecule has 0 aliphatic carbocycles. The lowest BCUT2D eigenvalue weighted by atomic mass is 10.2. The predicted molar refractivity (Wildman–Crippen MR) is 121 cm³/mol. The van der Waals surface area contributed by atoms with Gasteiger partial charge in [0.1, 0.15) is 0 Å². The molecule has 0 aromatic heterocycles. The largest absolute Gasteiger partial charge is 0.493 e. The van der Waals surface area contributed by atoms with Crippen molar-refractivity contribution in [3.05, 3.63) is 63.7 Å². The van der Waals surface area contributed by atoms with Crippen molar-refractivity contribution < 1.29 is 14.4 Å². The zero-order valence-electron chi connectivity index (χ0n) is 17.1. The molecule has 2 N–H and O–H groups in total. The first-order valence-electron chi connectivity index (χ1n) is 9.65. The number of unbranched alkanes of at least 4 members (excludes halogenated alkanes) is 2. The molecular formula is C21H26N4O4S. The normalized spacial score (nSPS) is 10.6. The minimum atomic E-state index is -0.492. The molecule has 2 aromatic carbocycles. The van der Waals surface area contributed by atoms with Gasteiger partial charge in [-0.1, -0.05) is 50.1 Å². The van der Waals surface area contributed by atoms with Crippen molar-refractivity contribution in [3.63, 3.8) is 0 Å². The van der Waals surface area contributed by atoms with Crippen molar-refractivity contribution in [1.29, 1.82) is 0 Å². The summed E-state index contributed by atoms with van der Waals surface area (Å²) in [6, 6.07) is 12.8. The monoisotopic (exact) mass is 430 g/mol. The van der Waals surface area contributed by atoms with Gasteiger partial charge >= 0.3 is 5.69 Å². The van der Waals surface area contributed by atoms with E-state index >= 15 is 0 Å². The minimum absolute atomic E-state index is 0.128. The van der Waals surface area contributed by atoms with Crippen molar-refractivity contribution >= 4 is 29.2 Å². The fourth-order valence-corrected chi connectivity index (χ4v) is 2.75. The number of nitro groups is 1. The molecule has 30 heavy (non-hydrogen) atoms. The highest BCUT2D eigenvalue weighted by atomic mass is 32.1. The fraction of sp³-hybridized carbons (Fsp3) is 0.333. The maximum absolute atomic E-state index is 11.5. The molecule has 0 radical (unpaired) electrons. The molecule has 0 atom stereocenters. The molecule has 9 heteroatoms. The van der Waals surface area contributed by atoms with Crippen LogP contribution < -0.4 is 20.2 Å². The Morgan fingerprint density at radius 1 is 1.27 bits per heavy atom. The Kier molecular flexibility index (Phi) is 9.53. The van der Waals surface area contributed by atoms with E-state index in [1.54, 1.807) is 6.07 Å². The zero-order valence-corrected chi connectivity index (χ0v) is 17.9. The van der Waals surface area contributed by atoms with E-state index in [4.69, 9.17) is 21.7 Å². The van der Waals surface area contributed by atoms with Crippen LogP contribution in [0.3, 0.4) is 0 Å². The summed E-state index contributed by atoms with van der Waals surface area (Å²) >= 11 is 5.19. The van der Waals surface area contributed by atoms with Crippen molar-refractivity contribution in [1.82, 2.24) is 10.7 Å². The Morgan fingerprint density at radius 2 is 2.03 bits per heavy atom. The van der Waals surface area contributed by atoms with Crippen LogP contribution in [0, 0.1) is 10.1 Å². The second-order valence-corrected chi connectivity index (χ2v) is 6.83. The molecule has 0 spiro atoms. The van der Waals surface area contributed by atoms with Crippen LogP contribution >= 0.6 is 12.2 Å². The van der Waals surface area contributed by atoms with E-state index in [-0.39, 0.29) is 17.2 Å². The molecule has 0 amide bonds. The molecule has 0 bridgehead atoms. The van der Waals surface area contributed by atoms with Gasteiger partial charge < -0.3 is 14.8 Å². The first-order valence-corrected chi connectivity index (χ1v) is 10.1. The maximum Gasteiger partial charge on any atom is 0.315 e. The Hall–Kier alpha value is -3.20. The lowest BCUT2D eigenvalue weighted by molar-refractivity contribution is -0.386. The van der Waals surface area contributed by atoms with Gasteiger partial charge in [0.25, 0.3) is 0 Å². The van der Waals surface area contributed by atoms with Crippen molar-refractivity contribution in [3.8, 4) is 11.5 Å². The van der Waals surface area contributed by atoms with Gasteiger partial charge in [0.15, 0.2) is 10.9 Å². The molecular weight excluding hydrogens is 404 g/mol. The summed E-state index contributed by atoms with van der Waals surface area (Å²) in [7, 11) is 1.44. The number of hydrogen-bond donors (Lipinski definition) is 2. The third-order valence-corrected chi connectivity index (χ3v) is 4.38. The average molecular weight is 431 g/mol. The van der Waals surface area contributed by atoms with Crippen LogP contribution in [0.1, 0.15) is 37.3 Å². The van der Waals surface area contributed by atoms with Gasteiger partial charge in [-0.25, -0.2) is 0 Å². The molecule has 0 unspecified atom stereocenters. The zero-order chi connectivity index (χ0) is 21.8. The first kappa shape index (κ1) is 23.1. The highest BCUT2D eigenvalue weighted by molar-refractivity contribution is 7.80. The summed E-state index contributed by atoms with van der Waals surface area (Å²) in [6.07, 6.45) is 4.28. The highest BCUT2D eigenvalue weighted by Crippen LogP contribution is 2.38. The summed E-state index contributed by atoms with van der Waals surface area (Å²) in [4.78, 5) is 11.0. The quantitative estimate of drug-likeness (QED) is 0.181. The van der Waals surface area contributed by atoms with Gasteiger partial charge in [0.2, 0.25) is 5.75 Å². The highest BCUT2D eigenvalue weighted by Gasteiger charge is 2.22. The van der Waals surface area contributed by atoms with Crippen LogP contribution in [-0.2, 0) is 6.54 Å². The number of ether oxygens (including phenoxy) is 2. The van der Waals surface area contributed by atoms with Gasteiger partial charge in [-0.15, -0.1) is 0 Å². The van der Waals surface area contributed by atoms with Crippen LogP contribution in [0.5, 0.6) is 11.5 Å². The van der Waals surface area contributed by atoms with E-state index in [1.165, 1.54) is 19.4 Å². The lowest BCUT2D eigenvalue weighted by Crippen LogP contribution is -2.31. The van der Waals surface area contributed by atoms with Crippen LogP contribution in [0.4, 0.5) is 5.69 Å². The van der Waals surface area contributed by atoms with E-state index in [1.807, 2.05) is 30.3 Å². The second-order valence-electron chi connectivity index (χ2n) is 6.42. The number of methoxy groups -OCH3 is 1. The number of nitrogens with zero attached hydrogens (tertiary/aromatic N) is 2. The van der Waals surface area contributed by atoms with Gasteiger partial charge in [-0.3, -0.25) is 15.5 Å². The van der Waals surface area contributed by atoms with Crippen LogP contribution in [0.2, 0.25) is 0 Å². The number of hydrogen-bond acceptors (Lipinski definition) is 6. The number of nitrogens with one attached hydrogen (secondary N) is 2. The molecule has 160 valence electrons. The summed E-state index contributed by atoms with van der Waals surface area (Å²) in [5.74, 6) is 0.413. The second kappa shape index (κ2) is 12.4. The van der Waals surface area contributed by atoms with E-state index in [0.29, 0.717) is 23.8 Å². The number of thiocarbonyl (C=S) groups is 1. The van der Waals surface area contributed by atoms with Crippen LogP contribution in [-0.4, -0.2) is 30.0 Å². The standard InChI is InChI=1S/C21H26N4O4S/c1-3-4-8-11-29-20-18(25(26)27)12-17(13-19(20)28-2)15-23-24-21(30)22-14-16-9-6-5-7-10-16/h5-7,9-10,12-13,15H,3-4,8,11,14H2,1-2H3,(H2,22,24,30)/b23-15-. The Morgan fingerprint density at radius 3 is 2.70 bits per heavy atom. The molecule has 2 aromatic rings. The maximum atomic E-state index is 11.5. The number of rotatable bonds is 11. The molecule has 0 aliphatic heterocycles. The van der Waals surface area contributed by atoms with Gasteiger partial charge in [0.05, 0.1) is 24.9 Å². The SMILES string of the molecule is CCCCCOc1c(OC)cc(/C=N\NC(=S)NCc2ccccc2)cc1[N+](=O)[O-]. The topological polar surface area (TPSA) is 98.0 Å². The molecule has 0 saturated heterocycles. The van der Waals surface area contributed by atoms with E-state index in [2.05, 4.69) is 22.8 Å². The fourth-order valence-electron chi connectivity index (χ4n) is 2.62. The number of hydrazone groups is 1. The van der Waals surface area contributed by atoms with Crippen molar-refractivity contribution in [2.24, 2.45) is 5.10 Å². The van der Waals surface area contributed by atoms with E-state index < -0.39 is 4.92 Å². The minimum Gasteiger partial charge on any atom is -0.493 e. The molecule has 0 heterocycles. The molecule has 0 fully saturated rings. The Bertz CT molecular complexity index is 875. The predicted octanol–water partition coefficient (Wildman–Crippen LogP) is 4.17. The van der Waals surface area contributed by atoms with Crippen LogP contribution in [0.15, 0.2) is 47.6 Å². The van der Waals surface area contributed by atoms with Crippen LogP contribution in [0.25, 0.3) is 0 Å². The Balaban J connectivity index is 2.02. The Labute approximate surface area is 181 Å². The van der Waals surface area contributed by atoms with Gasteiger partial charge in [-0.05, 0) is 30.3 Å².